The predicted molar refractivity (Wildman–Crippen MR) is 108 cm³/mol. The number of carbonyl (C=O) groups is 1. The maximum absolute atomic E-state index is 12.6. The number of ether oxygens (including phenoxy) is 2. The SMILES string of the molecule is COc1ccc(-c2cnc(C3CCCN3C(=O)OC(C)(C)C)[nH]2)c2c1CCC2. The Morgan fingerprint density at radius 1 is 1.21 bits per heavy atom. The maximum Gasteiger partial charge on any atom is 0.410 e. The molecule has 1 fully saturated rings. The molecule has 0 saturated carbocycles. The van der Waals surface area contributed by atoms with Gasteiger partial charge < -0.3 is 14.5 Å². The van der Waals surface area contributed by atoms with Crippen LogP contribution in [0.1, 0.15) is 63.0 Å². The van der Waals surface area contributed by atoms with E-state index in [2.05, 4.69) is 16.0 Å². The zero-order valence-corrected chi connectivity index (χ0v) is 17.2. The minimum Gasteiger partial charge on any atom is -0.496 e. The molecule has 150 valence electrons. The maximum atomic E-state index is 12.6. The fourth-order valence-corrected chi connectivity index (χ4v) is 4.35. The van der Waals surface area contributed by atoms with Gasteiger partial charge in [-0.1, -0.05) is 0 Å². The van der Waals surface area contributed by atoms with Gasteiger partial charge >= 0.3 is 6.09 Å². The third-order valence-electron chi connectivity index (χ3n) is 5.54. The zero-order chi connectivity index (χ0) is 19.9. The van der Waals surface area contributed by atoms with Crippen LogP contribution in [-0.4, -0.2) is 40.2 Å². The van der Waals surface area contributed by atoms with E-state index in [0.29, 0.717) is 6.54 Å². The van der Waals surface area contributed by atoms with Crippen molar-refractivity contribution >= 4 is 6.09 Å². The van der Waals surface area contributed by atoms with E-state index in [1.807, 2.05) is 33.0 Å². The summed E-state index contributed by atoms with van der Waals surface area (Å²) in [7, 11) is 1.73. The molecule has 0 radical (unpaired) electrons. The molecule has 0 bridgehead atoms. The number of fused-ring (bicyclic) bond motifs is 1. The molecule has 1 amide bonds. The normalized spacial score (nSPS) is 19.0. The molecule has 0 spiro atoms. The van der Waals surface area contributed by atoms with Gasteiger partial charge in [0.05, 0.1) is 25.0 Å². The van der Waals surface area contributed by atoms with Crippen LogP contribution in [0.3, 0.4) is 0 Å². The molecule has 1 aliphatic heterocycles. The van der Waals surface area contributed by atoms with Crippen LogP contribution in [0.25, 0.3) is 11.3 Å². The number of nitrogens with one attached hydrogen (secondary N) is 1. The third-order valence-corrected chi connectivity index (χ3v) is 5.54. The number of hydrogen-bond donors (Lipinski definition) is 1. The Labute approximate surface area is 166 Å². The van der Waals surface area contributed by atoms with Gasteiger partial charge in [-0.25, -0.2) is 9.78 Å². The Bertz CT molecular complexity index is 882. The second-order valence-corrected chi connectivity index (χ2v) is 8.64. The first kappa shape index (κ1) is 18.8. The predicted octanol–water partition coefficient (Wildman–Crippen LogP) is 4.65. The Morgan fingerprint density at radius 3 is 2.75 bits per heavy atom. The number of aromatic nitrogens is 2. The molecule has 1 atom stereocenters. The largest absolute Gasteiger partial charge is 0.496 e. The van der Waals surface area contributed by atoms with E-state index < -0.39 is 5.60 Å². The fourth-order valence-electron chi connectivity index (χ4n) is 4.35. The Balaban J connectivity index is 1.60. The number of methoxy groups -OCH3 is 1. The van der Waals surface area contributed by atoms with Gasteiger partial charge in [0.1, 0.15) is 17.2 Å². The lowest BCUT2D eigenvalue weighted by atomic mass is 10.0. The molecular weight excluding hydrogens is 354 g/mol. The minimum absolute atomic E-state index is 0.0603. The second kappa shape index (κ2) is 7.15. The summed E-state index contributed by atoms with van der Waals surface area (Å²) < 4.78 is 11.1. The number of amides is 1. The minimum atomic E-state index is -0.498. The molecule has 2 heterocycles. The van der Waals surface area contributed by atoms with Crippen LogP contribution >= 0.6 is 0 Å². The smallest absolute Gasteiger partial charge is 0.410 e. The molecule has 4 rings (SSSR count). The molecule has 1 N–H and O–H groups in total. The highest BCUT2D eigenvalue weighted by atomic mass is 16.6. The number of nitrogens with zero attached hydrogens (tertiary/aromatic N) is 2. The van der Waals surface area contributed by atoms with Crippen LogP contribution in [-0.2, 0) is 17.6 Å². The molecule has 2 aliphatic rings. The Kier molecular flexibility index (Phi) is 4.81. The van der Waals surface area contributed by atoms with Gasteiger partial charge in [-0.2, -0.15) is 0 Å². The van der Waals surface area contributed by atoms with Gasteiger partial charge in [0.2, 0.25) is 0 Å². The van der Waals surface area contributed by atoms with E-state index in [-0.39, 0.29) is 12.1 Å². The number of aromatic amines is 1. The summed E-state index contributed by atoms with van der Waals surface area (Å²) in [5.74, 6) is 1.81. The topological polar surface area (TPSA) is 67.4 Å². The standard InChI is InChI=1S/C22H29N3O3/c1-22(2,3)28-21(26)25-12-6-9-18(25)20-23-13-17(24-20)15-10-11-19(27-4)16-8-5-7-14(15)16/h10-11,13,18H,5-9,12H2,1-4H3,(H,23,24). The highest BCUT2D eigenvalue weighted by Crippen LogP contribution is 2.38. The van der Waals surface area contributed by atoms with Crippen molar-refractivity contribution in [2.75, 3.05) is 13.7 Å². The summed E-state index contributed by atoms with van der Waals surface area (Å²) in [5.41, 5.74) is 4.36. The van der Waals surface area contributed by atoms with Crippen molar-refractivity contribution in [1.29, 1.82) is 0 Å². The second-order valence-electron chi connectivity index (χ2n) is 8.64. The van der Waals surface area contributed by atoms with Gasteiger partial charge in [0, 0.05) is 12.1 Å². The molecule has 1 aromatic carbocycles. The summed E-state index contributed by atoms with van der Waals surface area (Å²) in [4.78, 5) is 22.5. The van der Waals surface area contributed by atoms with Gasteiger partial charge in [-0.05, 0) is 76.1 Å². The van der Waals surface area contributed by atoms with Crippen molar-refractivity contribution < 1.29 is 14.3 Å². The molecule has 1 aliphatic carbocycles. The van der Waals surface area contributed by atoms with E-state index in [4.69, 9.17) is 9.47 Å². The van der Waals surface area contributed by atoms with Gasteiger partial charge in [0.25, 0.3) is 0 Å². The number of H-pyrrole nitrogens is 1. The molecule has 6 heteroatoms. The highest BCUT2D eigenvalue weighted by molar-refractivity contribution is 5.70. The van der Waals surface area contributed by atoms with E-state index in [0.717, 1.165) is 49.4 Å². The van der Waals surface area contributed by atoms with Crippen LogP contribution in [0.5, 0.6) is 5.75 Å². The van der Waals surface area contributed by atoms with Crippen LogP contribution in [0, 0.1) is 0 Å². The average molecular weight is 383 g/mol. The Morgan fingerprint density at radius 2 is 2.00 bits per heavy atom. The molecule has 2 aromatic rings. The van der Waals surface area contributed by atoms with Crippen molar-refractivity contribution in [2.45, 2.75) is 64.5 Å². The lowest BCUT2D eigenvalue weighted by Crippen LogP contribution is -2.36. The van der Waals surface area contributed by atoms with E-state index in [1.54, 1.807) is 12.0 Å². The quantitative estimate of drug-likeness (QED) is 0.838. The first-order valence-corrected chi connectivity index (χ1v) is 10.1. The van der Waals surface area contributed by atoms with Crippen LogP contribution in [0.15, 0.2) is 18.3 Å². The van der Waals surface area contributed by atoms with E-state index >= 15 is 0 Å². The van der Waals surface area contributed by atoms with Crippen molar-refractivity contribution in [3.8, 4) is 17.0 Å². The average Bonchev–Trinajstić information content (AvgIpc) is 3.37. The summed E-state index contributed by atoms with van der Waals surface area (Å²) in [5, 5.41) is 0. The van der Waals surface area contributed by atoms with Crippen molar-refractivity contribution in [3.63, 3.8) is 0 Å². The summed E-state index contributed by atoms with van der Waals surface area (Å²) in [6.45, 7) is 6.38. The molecule has 1 saturated heterocycles. The number of likely N-dealkylation sites (tertiary alicyclic amines) is 1. The number of rotatable bonds is 3. The zero-order valence-electron chi connectivity index (χ0n) is 17.2. The highest BCUT2D eigenvalue weighted by Gasteiger charge is 2.35. The van der Waals surface area contributed by atoms with Crippen LogP contribution in [0.2, 0.25) is 0 Å². The van der Waals surface area contributed by atoms with Crippen LogP contribution < -0.4 is 4.74 Å². The number of benzene rings is 1. The molecule has 6 nitrogen and oxygen atoms in total. The van der Waals surface area contributed by atoms with E-state index in [9.17, 15) is 4.79 Å². The van der Waals surface area contributed by atoms with Crippen molar-refractivity contribution in [2.24, 2.45) is 0 Å². The molecule has 28 heavy (non-hydrogen) atoms. The summed E-state index contributed by atoms with van der Waals surface area (Å²) >= 11 is 0. The fraction of sp³-hybridized carbons (Fsp3) is 0.545. The monoisotopic (exact) mass is 383 g/mol. The van der Waals surface area contributed by atoms with Crippen molar-refractivity contribution in [1.82, 2.24) is 14.9 Å². The first-order valence-electron chi connectivity index (χ1n) is 10.1. The first-order chi connectivity index (χ1) is 13.4. The number of hydrogen-bond acceptors (Lipinski definition) is 4. The molecule has 1 unspecified atom stereocenters. The van der Waals surface area contributed by atoms with Gasteiger partial charge in [-0.15, -0.1) is 0 Å². The molecular formula is C22H29N3O3. The Hall–Kier alpha value is -2.50. The number of carbonyl (C=O) groups excluding carboxylic acids is 1. The van der Waals surface area contributed by atoms with Crippen LogP contribution in [0.4, 0.5) is 4.79 Å². The molecule has 1 aromatic heterocycles. The summed E-state index contributed by atoms with van der Waals surface area (Å²) in [6.07, 6.45) is 6.75. The van der Waals surface area contributed by atoms with Gasteiger partial charge in [0.15, 0.2) is 0 Å². The van der Waals surface area contributed by atoms with E-state index in [1.165, 1.54) is 16.7 Å². The lowest BCUT2D eigenvalue weighted by molar-refractivity contribution is 0.0218. The van der Waals surface area contributed by atoms with Crippen molar-refractivity contribution in [3.05, 3.63) is 35.3 Å². The van der Waals surface area contributed by atoms with Gasteiger partial charge in [-0.3, -0.25) is 4.90 Å². The number of imidazole rings is 1. The summed E-state index contributed by atoms with van der Waals surface area (Å²) in [6, 6.07) is 4.10. The third kappa shape index (κ3) is 3.48. The lowest BCUT2D eigenvalue weighted by Gasteiger charge is -2.27.